The van der Waals surface area contributed by atoms with E-state index in [-0.39, 0.29) is 11.9 Å². The first-order valence-electron chi connectivity index (χ1n) is 6.28. The van der Waals surface area contributed by atoms with Gasteiger partial charge in [-0.2, -0.15) is 0 Å². The van der Waals surface area contributed by atoms with Gasteiger partial charge in [-0.25, -0.2) is 4.98 Å². The van der Waals surface area contributed by atoms with Crippen LogP contribution in [-0.4, -0.2) is 16.9 Å². The van der Waals surface area contributed by atoms with Crippen molar-refractivity contribution >= 4 is 33.2 Å². The standard InChI is InChI=1S/C14H16BrN3OS/c1-9(6-10-2-4-11(15)5-3-10)17-14(19)12-8-20-13(7-16)18-12/h2-5,8-9H,6-7,16H2,1H3,(H,17,19). The van der Waals surface area contributed by atoms with Gasteiger partial charge in [-0.05, 0) is 31.0 Å². The van der Waals surface area contributed by atoms with E-state index in [2.05, 4.69) is 26.2 Å². The Labute approximate surface area is 130 Å². The number of rotatable bonds is 5. The molecular weight excluding hydrogens is 338 g/mol. The number of aromatic nitrogens is 1. The summed E-state index contributed by atoms with van der Waals surface area (Å²) in [5.74, 6) is -0.148. The van der Waals surface area contributed by atoms with E-state index >= 15 is 0 Å². The van der Waals surface area contributed by atoms with Gasteiger partial charge in [0.1, 0.15) is 10.7 Å². The number of benzene rings is 1. The van der Waals surface area contributed by atoms with Gasteiger partial charge in [0, 0.05) is 22.4 Å². The average molecular weight is 354 g/mol. The van der Waals surface area contributed by atoms with Crippen LogP contribution in [0.15, 0.2) is 34.1 Å². The number of carbonyl (C=O) groups excluding carboxylic acids is 1. The van der Waals surface area contributed by atoms with Gasteiger partial charge in [0.05, 0.1) is 0 Å². The van der Waals surface area contributed by atoms with Crippen molar-refractivity contribution < 1.29 is 4.79 Å². The fourth-order valence-corrected chi connectivity index (χ4v) is 2.75. The van der Waals surface area contributed by atoms with E-state index in [1.807, 2.05) is 31.2 Å². The van der Waals surface area contributed by atoms with E-state index < -0.39 is 0 Å². The Bertz CT molecular complexity index is 582. The summed E-state index contributed by atoms with van der Waals surface area (Å²) in [6, 6.07) is 8.13. The van der Waals surface area contributed by atoms with Crippen molar-refractivity contribution in [1.82, 2.24) is 10.3 Å². The predicted octanol–water partition coefficient (Wildman–Crippen LogP) is 2.73. The number of nitrogens with two attached hydrogens (primary N) is 1. The maximum Gasteiger partial charge on any atom is 0.270 e. The van der Waals surface area contributed by atoms with Crippen molar-refractivity contribution in [1.29, 1.82) is 0 Å². The van der Waals surface area contributed by atoms with Crippen LogP contribution in [0.25, 0.3) is 0 Å². The Hall–Kier alpha value is -1.24. The topological polar surface area (TPSA) is 68.0 Å². The second-order valence-electron chi connectivity index (χ2n) is 4.54. The molecule has 1 atom stereocenters. The lowest BCUT2D eigenvalue weighted by Crippen LogP contribution is -2.34. The number of hydrogen-bond donors (Lipinski definition) is 2. The molecule has 0 radical (unpaired) electrons. The smallest absolute Gasteiger partial charge is 0.270 e. The molecule has 0 bridgehead atoms. The first-order chi connectivity index (χ1) is 9.58. The molecule has 3 N–H and O–H groups in total. The minimum Gasteiger partial charge on any atom is -0.348 e. The number of carbonyl (C=O) groups is 1. The zero-order chi connectivity index (χ0) is 14.5. The van der Waals surface area contributed by atoms with Gasteiger partial charge in [-0.15, -0.1) is 11.3 Å². The highest BCUT2D eigenvalue weighted by atomic mass is 79.9. The lowest BCUT2D eigenvalue weighted by atomic mass is 10.1. The molecule has 2 aromatic rings. The van der Waals surface area contributed by atoms with Gasteiger partial charge < -0.3 is 11.1 Å². The maximum atomic E-state index is 12.0. The summed E-state index contributed by atoms with van der Waals surface area (Å²) in [6.45, 7) is 2.35. The zero-order valence-corrected chi connectivity index (χ0v) is 13.5. The SMILES string of the molecule is CC(Cc1ccc(Br)cc1)NC(=O)c1csc(CN)n1. The quantitative estimate of drug-likeness (QED) is 0.868. The molecule has 1 aromatic carbocycles. The lowest BCUT2D eigenvalue weighted by Gasteiger charge is -2.13. The van der Waals surface area contributed by atoms with Crippen molar-refractivity contribution in [3.63, 3.8) is 0 Å². The molecule has 4 nitrogen and oxygen atoms in total. The van der Waals surface area contributed by atoms with E-state index in [0.717, 1.165) is 15.9 Å². The molecule has 0 saturated heterocycles. The van der Waals surface area contributed by atoms with Crippen LogP contribution in [0.3, 0.4) is 0 Å². The molecule has 0 aliphatic rings. The molecule has 0 aliphatic carbocycles. The summed E-state index contributed by atoms with van der Waals surface area (Å²) in [5.41, 5.74) is 7.12. The van der Waals surface area contributed by atoms with Crippen LogP contribution >= 0.6 is 27.3 Å². The fraction of sp³-hybridized carbons (Fsp3) is 0.286. The third kappa shape index (κ3) is 4.13. The molecule has 1 aromatic heterocycles. The lowest BCUT2D eigenvalue weighted by molar-refractivity contribution is 0.0935. The Morgan fingerprint density at radius 3 is 2.75 bits per heavy atom. The third-order valence-electron chi connectivity index (χ3n) is 2.79. The van der Waals surface area contributed by atoms with Crippen LogP contribution in [-0.2, 0) is 13.0 Å². The van der Waals surface area contributed by atoms with E-state index in [0.29, 0.717) is 12.2 Å². The van der Waals surface area contributed by atoms with Crippen LogP contribution in [0.2, 0.25) is 0 Å². The molecule has 106 valence electrons. The minimum absolute atomic E-state index is 0.0479. The van der Waals surface area contributed by atoms with E-state index in [1.165, 1.54) is 16.9 Å². The van der Waals surface area contributed by atoms with Crippen LogP contribution in [0, 0.1) is 0 Å². The normalized spacial score (nSPS) is 12.2. The molecule has 1 amide bonds. The van der Waals surface area contributed by atoms with Crippen LogP contribution in [0.5, 0.6) is 0 Å². The maximum absolute atomic E-state index is 12.0. The molecule has 0 spiro atoms. The Morgan fingerprint density at radius 1 is 1.45 bits per heavy atom. The highest BCUT2D eigenvalue weighted by molar-refractivity contribution is 9.10. The summed E-state index contributed by atoms with van der Waals surface area (Å²) in [6.07, 6.45) is 0.785. The Morgan fingerprint density at radius 2 is 2.15 bits per heavy atom. The monoisotopic (exact) mass is 353 g/mol. The van der Waals surface area contributed by atoms with Gasteiger partial charge in [-0.3, -0.25) is 4.79 Å². The van der Waals surface area contributed by atoms with Crippen molar-refractivity contribution in [3.8, 4) is 0 Å². The zero-order valence-electron chi connectivity index (χ0n) is 11.1. The molecular formula is C14H16BrN3OS. The van der Waals surface area contributed by atoms with Crippen LogP contribution in [0.4, 0.5) is 0 Å². The first kappa shape index (κ1) is 15.2. The second-order valence-corrected chi connectivity index (χ2v) is 6.39. The molecule has 1 unspecified atom stereocenters. The minimum atomic E-state index is -0.148. The third-order valence-corrected chi connectivity index (χ3v) is 4.19. The molecule has 0 aliphatic heterocycles. The number of nitrogens with one attached hydrogen (secondary N) is 1. The van der Waals surface area contributed by atoms with Crippen molar-refractivity contribution in [2.75, 3.05) is 0 Å². The first-order valence-corrected chi connectivity index (χ1v) is 7.95. The molecule has 0 saturated carbocycles. The summed E-state index contributed by atoms with van der Waals surface area (Å²) in [5, 5.41) is 5.46. The highest BCUT2D eigenvalue weighted by Gasteiger charge is 2.13. The Kier molecular flexibility index (Phi) is 5.28. The summed E-state index contributed by atoms with van der Waals surface area (Å²) in [4.78, 5) is 16.2. The van der Waals surface area contributed by atoms with Crippen molar-refractivity contribution in [2.45, 2.75) is 25.9 Å². The number of thiazole rings is 1. The van der Waals surface area contributed by atoms with Crippen molar-refractivity contribution in [3.05, 3.63) is 50.4 Å². The van der Waals surface area contributed by atoms with Gasteiger partial charge in [0.2, 0.25) is 0 Å². The van der Waals surface area contributed by atoms with Crippen molar-refractivity contribution in [2.24, 2.45) is 5.73 Å². The molecule has 0 fully saturated rings. The Balaban J connectivity index is 1.92. The highest BCUT2D eigenvalue weighted by Crippen LogP contribution is 2.12. The number of halogens is 1. The van der Waals surface area contributed by atoms with Gasteiger partial charge in [0.15, 0.2) is 0 Å². The number of amides is 1. The van der Waals surface area contributed by atoms with Gasteiger partial charge >= 0.3 is 0 Å². The second kappa shape index (κ2) is 6.97. The van der Waals surface area contributed by atoms with Crippen LogP contribution < -0.4 is 11.1 Å². The summed E-state index contributed by atoms with van der Waals surface area (Å²) >= 11 is 4.81. The average Bonchev–Trinajstić information content (AvgIpc) is 2.90. The number of nitrogens with zero attached hydrogens (tertiary/aromatic N) is 1. The number of hydrogen-bond acceptors (Lipinski definition) is 4. The van der Waals surface area contributed by atoms with E-state index in [1.54, 1.807) is 5.38 Å². The molecule has 1 heterocycles. The molecule has 6 heteroatoms. The predicted molar refractivity (Wildman–Crippen MR) is 84.8 cm³/mol. The largest absolute Gasteiger partial charge is 0.348 e. The molecule has 20 heavy (non-hydrogen) atoms. The van der Waals surface area contributed by atoms with Gasteiger partial charge in [-0.1, -0.05) is 28.1 Å². The summed E-state index contributed by atoms with van der Waals surface area (Å²) in [7, 11) is 0. The molecule has 2 rings (SSSR count). The fourth-order valence-electron chi connectivity index (χ4n) is 1.83. The van der Waals surface area contributed by atoms with Gasteiger partial charge in [0.25, 0.3) is 5.91 Å². The van der Waals surface area contributed by atoms with Crippen LogP contribution in [0.1, 0.15) is 28.0 Å². The van der Waals surface area contributed by atoms with E-state index in [9.17, 15) is 4.79 Å². The summed E-state index contributed by atoms with van der Waals surface area (Å²) < 4.78 is 1.05. The van der Waals surface area contributed by atoms with E-state index in [4.69, 9.17) is 5.73 Å².